The molecule has 12 heteroatoms. The van der Waals surface area contributed by atoms with Crippen LogP contribution in [0.1, 0.15) is 50.4 Å². The first-order valence-corrected chi connectivity index (χ1v) is 16.8. The molecule has 0 fully saturated rings. The third-order valence-corrected chi connectivity index (χ3v) is 9.20. The van der Waals surface area contributed by atoms with Gasteiger partial charge in [-0.25, -0.2) is 9.79 Å². The average Bonchev–Trinajstić information content (AvgIpc) is 3.33. The zero-order chi connectivity index (χ0) is 33.8. The summed E-state index contributed by atoms with van der Waals surface area (Å²) in [5, 5.41) is 0.604. The molecule has 4 aromatic rings. The molecule has 0 aliphatic carbocycles. The minimum Gasteiger partial charge on any atom is -0.493 e. The molecular formula is C35H34BrClN2O7S. The third kappa shape index (κ3) is 7.27. The zero-order valence-electron chi connectivity index (χ0n) is 26.8. The van der Waals surface area contributed by atoms with Gasteiger partial charge in [0.25, 0.3) is 5.56 Å². The van der Waals surface area contributed by atoms with Crippen molar-refractivity contribution in [1.82, 2.24) is 4.57 Å². The summed E-state index contributed by atoms with van der Waals surface area (Å²) in [5.74, 6) is 1.45. The van der Waals surface area contributed by atoms with Crippen LogP contribution in [0, 0.1) is 0 Å². The molecule has 0 saturated carbocycles. The second-order valence-electron chi connectivity index (χ2n) is 10.8. The van der Waals surface area contributed by atoms with Gasteiger partial charge >= 0.3 is 5.97 Å². The number of rotatable bonds is 11. The Morgan fingerprint density at radius 3 is 2.51 bits per heavy atom. The second-order valence-corrected chi connectivity index (χ2v) is 13.1. The van der Waals surface area contributed by atoms with E-state index in [-0.39, 0.29) is 30.5 Å². The minimum atomic E-state index is -0.809. The number of hydrogen-bond acceptors (Lipinski definition) is 9. The SMILES string of the molecule is CCOC(=O)C1=C(C)N=c2s/c(=C/c3cc(Br)c(OCc4ccccc4Cl)c(OC)c3)c(=O)n2[C@H]1c1ccc(OC(C)C)c(OC)c1. The van der Waals surface area contributed by atoms with Gasteiger partial charge < -0.3 is 23.7 Å². The maximum atomic E-state index is 14.2. The van der Waals surface area contributed by atoms with E-state index in [1.165, 1.54) is 15.9 Å². The van der Waals surface area contributed by atoms with Gasteiger partial charge in [-0.05, 0) is 91.2 Å². The predicted molar refractivity (Wildman–Crippen MR) is 186 cm³/mol. The molecule has 3 aromatic carbocycles. The number of carbonyl (C=O) groups is 1. The molecule has 2 heterocycles. The number of methoxy groups -OCH3 is 2. The van der Waals surface area contributed by atoms with Crippen LogP contribution in [0.4, 0.5) is 0 Å². The van der Waals surface area contributed by atoms with E-state index in [1.54, 1.807) is 58.4 Å². The summed E-state index contributed by atoms with van der Waals surface area (Å²) in [7, 11) is 3.10. The summed E-state index contributed by atoms with van der Waals surface area (Å²) in [4.78, 5) is 32.6. The van der Waals surface area contributed by atoms with Gasteiger partial charge in [-0.1, -0.05) is 47.2 Å². The quantitative estimate of drug-likeness (QED) is 0.160. The largest absolute Gasteiger partial charge is 0.493 e. The van der Waals surface area contributed by atoms with Crippen LogP contribution < -0.4 is 33.8 Å². The average molecular weight is 742 g/mol. The summed E-state index contributed by atoms with van der Waals surface area (Å²) in [6.07, 6.45) is 1.68. The normalized spacial score (nSPS) is 14.5. The first kappa shape index (κ1) is 34.3. The Hall–Kier alpha value is -4.06. The summed E-state index contributed by atoms with van der Waals surface area (Å²) in [5.41, 5.74) is 2.59. The Morgan fingerprint density at radius 2 is 1.83 bits per heavy atom. The first-order chi connectivity index (χ1) is 22.6. The summed E-state index contributed by atoms with van der Waals surface area (Å²) >= 11 is 11.1. The number of hydrogen-bond donors (Lipinski definition) is 0. The monoisotopic (exact) mass is 740 g/mol. The maximum absolute atomic E-state index is 14.2. The molecule has 0 unspecified atom stereocenters. The highest BCUT2D eigenvalue weighted by Crippen LogP contribution is 2.39. The van der Waals surface area contributed by atoms with E-state index in [4.69, 9.17) is 35.3 Å². The Morgan fingerprint density at radius 1 is 1.09 bits per heavy atom. The van der Waals surface area contributed by atoms with Crippen molar-refractivity contribution in [3.8, 4) is 23.0 Å². The molecule has 0 spiro atoms. The van der Waals surface area contributed by atoms with E-state index in [2.05, 4.69) is 20.9 Å². The highest BCUT2D eigenvalue weighted by Gasteiger charge is 2.34. The fraction of sp³-hybridized carbons (Fsp3) is 0.286. The van der Waals surface area contributed by atoms with Gasteiger partial charge in [0.1, 0.15) is 6.61 Å². The lowest BCUT2D eigenvalue weighted by molar-refractivity contribution is -0.139. The Kier molecular flexibility index (Phi) is 10.8. The van der Waals surface area contributed by atoms with Crippen LogP contribution in [0.3, 0.4) is 0 Å². The van der Waals surface area contributed by atoms with Crippen LogP contribution in [0.25, 0.3) is 6.08 Å². The first-order valence-electron chi connectivity index (χ1n) is 14.8. The van der Waals surface area contributed by atoms with Crippen molar-refractivity contribution in [2.24, 2.45) is 4.99 Å². The molecule has 0 bridgehead atoms. The number of halogens is 2. The zero-order valence-corrected chi connectivity index (χ0v) is 29.9. The number of carbonyl (C=O) groups excluding carboxylic acids is 1. The number of esters is 1. The van der Waals surface area contributed by atoms with Crippen molar-refractivity contribution in [2.45, 2.75) is 46.4 Å². The van der Waals surface area contributed by atoms with Crippen molar-refractivity contribution in [2.75, 3.05) is 20.8 Å². The lowest BCUT2D eigenvalue weighted by Gasteiger charge is -2.25. The molecule has 5 rings (SSSR count). The molecule has 0 radical (unpaired) electrons. The second kappa shape index (κ2) is 14.8. The Balaban J connectivity index is 1.60. The molecule has 9 nitrogen and oxygen atoms in total. The Bertz CT molecular complexity index is 2040. The molecule has 246 valence electrons. The smallest absolute Gasteiger partial charge is 0.338 e. The van der Waals surface area contributed by atoms with Crippen LogP contribution >= 0.6 is 38.9 Å². The summed E-state index contributed by atoms with van der Waals surface area (Å²) in [6, 6.07) is 15.6. The molecule has 1 aromatic heterocycles. The van der Waals surface area contributed by atoms with Crippen LogP contribution in [0.2, 0.25) is 5.02 Å². The van der Waals surface area contributed by atoms with Crippen molar-refractivity contribution >= 4 is 50.9 Å². The van der Waals surface area contributed by atoms with Gasteiger partial charge in [0.05, 0.1) is 53.2 Å². The summed E-state index contributed by atoms with van der Waals surface area (Å²) < 4.78 is 31.3. The van der Waals surface area contributed by atoms with Crippen LogP contribution in [-0.2, 0) is 16.1 Å². The third-order valence-electron chi connectivity index (χ3n) is 7.26. The number of nitrogens with zero attached hydrogens (tertiary/aromatic N) is 2. The lowest BCUT2D eigenvalue weighted by atomic mass is 9.95. The van der Waals surface area contributed by atoms with Crippen molar-refractivity contribution < 1.29 is 28.5 Å². The predicted octanol–water partition coefficient (Wildman–Crippen LogP) is 6.60. The molecular weight excluding hydrogens is 708 g/mol. The molecule has 47 heavy (non-hydrogen) atoms. The van der Waals surface area contributed by atoms with Crippen molar-refractivity contribution in [1.29, 1.82) is 0 Å². The number of thiazole rings is 1. The lowest BCUT2D eigenvalue weighted by Crippen LogP contribution is -2.40. The Labute approximate surface area is 289 Å². The molecule has 0 saturated heterocycles. The molecule has 1 atom stereocenters. The van der Waals surface area contributed by atoms with E-state index < -0.39 is 12.0 Å². The topological polar surface area (TPSA) is 97.6 Å². The van der Waals surface area contributed by atoms with Gasteiger partial charge in [-0.2, -0.15) is 0 Å². The molecule has 0 amide bonds. The fourth-order valence-corrected chi connectivity index (χ4v) is 7.00. The number of allylic oxidation sites excluding steroid dienone is 1. The fourth-order valence-electron chi connectivity index (χ4n) is 5.19. The standard InChI is InChI=1S/C35H34BrClN2O7S/c1-7-44-34(41)30-20(4)38-35-39(31(30)22-12-13-26(46-19(2)3)27(17-22)42-5)33(40)29(47-35)16-21-14-24(36)32(28(15-21)43-6)45-18-23-10-8-9-11-25(23)37/h8-17,19,31H,7,18H2,1-6H3/b29-16+/t31-/m0/s1. The van der Waals surface area contributed by atoms with E-state index in [0.29, 0.717) is 58.7 Å². The molecule has 1 aliphatic rings. The van der Waals surface area contributed by atoms with Gasteiger partial charge in [0.2, 0.25) is 0 Å². The molecule has 0 N–H and O–H groups in total. The highest BCUT2D eigenvalue weighted by atomic mass is 79.9. The van der Waals surface area contributed by atoms with Crippen LogP contribution in [0.5, 0.6) is 23.0 Å². The van der Waals surface area contributed by atoms with Crippen LogP contribution in [0.15, 0.2) is 80.1 Å². The van der Waals surface area contributed by atoms with E-state index in [0.717, 1.165) is 5.56 Å². The maximum Gasteiger partial charge on any atom is 0.338 e. The van der Waals surface area contributed by atoms with Gasteiger partial charge in [0, 0.05) is 10.6 Å². The van der Waals surface area contributed by atoms with E-state index >= 15 is 0 Å². The number of fused-ring (bicyclic) bond motifs is 1. The van der Waals surface area contributed by atoms with Crippen LogP contribution in [-0.4, -0.2) is 37.5 Å². The number of benzene rings is 3. The van der Waals surface area contributed by atoms with Gasteiger partial charge in [0.15, 0.2) is 27.8 Å². The van der Waals surface area contributed by atoms with Gasteiger partial charge in [-0.15, -0.1) is 0 Å². The minimum absolute atomic E-state index is 0.0775. The highest BCUT2D eigenvalue weighted by molar-refractivity contribution is 9.10. The van der Waals surface area contributed by atoms with Gasteiger partial charge in [-0.3, -0.25) is 9.36 Å². The number of ether oxygens (including phenoxy) is 5. The van der Waals surface area contributed by atoms with E-state index in [9.17, 15) is 9.59 Å². The van der Waals surface area contributed by atoms with Crippen molar-refractivity contribution in [3.63, 3.8) is 0 Å². The number of aromatic nitrogens is 1. The molecule has 1 aliphatic heterocycles. The van der Waals surface area contributed by atoms with Crippen molar-refractivity contribution in [3.05, 3.63) is 112 Å². The van der Waals surface area contributed by atoms with E-state index in [1.807, 2.05) is 44.2 Å². The summed E-state index contributed by atoms with van der Waals surface area (Å²) in [6.45, 7) is 7.74.